The summed E-state index contributed by atoms with van der Waals surface area (Å²) in [5.41, 5.74) is 2.47. The average molecular weight is 478 g/mol. The van der Waals surface area contributed by atoms with Crippen molar-refractivity contribution in [1.29, 1.82) is 0 Å². The third-order valence-electron chi connectivity index (χ3n) is 6.92. The Labute approximate surface area is 204 Å². The molecule has 2 aromatic heterocycles. The summed E-state index contributed by atoms with van der Waals surface area (Å²) < 4.78 is 16.8. The minimum absolute atomic E-state index is 0.117. The molecule has 0 atom stereocenters. The number of likely N-dealkylation sites (tertiary alicyclic amines) is 1. The quantitative estimate of drug-likeness (QED) is 0.546. The van der Waals surface area contributed by atoms with E-state index in [1.54, 1.807) is 26.7 Å². The van der Waals surface area contributed by atoms with Crippen molar-refractivity contribution < 1.29 is 19.0 Å². The number of ether oxygens (including phenoxy) is 3. The molecule has 2 aliphatic rings. The summed E-state index contributed by atoms with van der Waals surface area (Å²) in [6, 6.07) is 7.37. The number of carbonyl (C=O) groups excluding carboxylic acids is 1. The van der Waals surface area contributed by atoms with Crippen LogP contribution in [0.5, 0.6) is 17.4 Å². The number of amides is 2. The van der Waals surface area contributed by atoms with Gasteiger partial charge >= 0.3 is 6.03 Å². The summed E-state index contributed by atoms with van der Waals surface area (Å²) >= 11 is 0. The van der Waals surface area contributed by atoms with E-state index in [9.17, 15) is 4.79 Å². The van der Waals surface area contributed by atoms with Gasteiger partial charge in [-0.25, -0.2) is 19.7 Å². The Kier molecular flexibility index (Phi) is 6.83. The van der Waals surface area contributed by atoms with Gasteiger partial charge in [0.15, 0.2) is 11.5 Å². The number of benzene rings is 1. The van der Waals surface area contributed by atoms with Crippen LogP contribution in [0.1, 0.15) is 50.1 Å². The number of methoxy groups -OCH3 is 2. The summed E-state index contributed by atoms with van der Waals surface area (Å²) in [5.74, 6) is 2.14. The van der Waals surface area contributed by atoms with Crippen molar-refractivity contribution in [3.8, 4) is 17.4 Å². The zero-order chi connectivity index (χ0) is 24.2. The summed E-state index contributed by atoms with van der Waals surface area (Å²) in [6.07, 6.45) is 9.75. The van der Waals surface area contributed by atoms with E-state index in [1.165, 1.54) is 12.8 Å². The predicted molar refractivity (Wildman–Crippen MR) is 132 cm³/mol. The van der Waals surface area contributed by atoms with Crippen LogP contribution in [0.4, 0.5) is 10.5 Å². The fraction of sp³-hybridized carbons (Fsp3) is 0.462. The molecule has 1 aliphatic heterocycles. The first-order chi connectivity index (χ1) is 17.1. The number of carbonyl (C=O) groups is 1. The fourth-order valence-electron chi connectivity index (χ4n) is 4.99. The van der Waals surface area contributed by atoms with Gasteiger partial charge in [0.2, 0.25) is 5.88 Å². The van der Waals surface area contributed by atoms with Crippen LogP contribution in [0, 0.1) is 0 Å². The first-order valence-electron chi connectivity index (χ1n) is 12.2. The molecule has 5 rings (SSSR count). The molecule has 35 heavy (non-hydrogen) atoms. The number of urea groups is 1. The standard InChI is InChI=1S/C26H31N5O4/c1-33-22-13-20-21(14-23(22)34-2)28-16-29-25(20)17-9-11-31(12-10-17)26(32)30-18-7-8-24(27-15-18)35-19-5-3-4-6-19/h7-8,13-17,19H,3-6,9-12H2,1-2H3,(H,30,32). The summed E-state index contributed by atoms with van der Waals surface area (Å²) in [4.78, 5) is 28.0. The number of anilines is 1. The molecule has 3 heterocycles. The number of nitrogens with zero attached hydrogens (tertiary/aromatic N) is 4. The molecule has 1 aromatic carbocycles. The highest BCUT2D eigenvalue weighted by Gasteiger charge is 2.27. The number of hydrogen-bond acceptors (Lipinski definition) is 7. The van der Waals surface area contributed by atoms with Gasteiger partial charge in [-0.15, -0.1) is 0 Å². The van der Waals surface area contributed by atoms with E-state index < -0.39 is 0 Å². The van der Waals surface area contributed by atoms with Gasteiger partial charge in [0.05, 0.1) is 37.3 Å². The maximum atomic E-state index is 12.8. The van der Waals surface area contributed by atoms with Crippen LogP contribution in [0.15, 0.2) is 36.8 Å². The Morgan fingerprint density at radius 2 is 1.71 bits per heavy atom. The first kappa shape index (κ1) is 23.1. The molecular formula is C26H31N5O4. The van der Waals surface area contributed by atoms with Crippen LogP contribution in [0.25, 0.3) is 10.9 Å². The van der Waals surface area contributed by atoms with Gasteiger partial charge in [-0.3, -0.25) is 0 Å². The second kappa shape index (κ2) is 10.3. The molecule has 0 unspecified atom stereocenters. The molecular weight excluding hydrogens is 446 g/mol. The molecule has 9 nitrogen and oxygen atoms in total. The van der Waals surface area contributed by atoms with Gasteiger partial charge in [0.1, 0.15) is 12.4 Å². The van der Waals surface area contributed by atoms with Crippen molar-refractivity contribution in [2.24, 2.45) is 0 Å². The van der Waals surface area contributed by atoms with Gasteiger partial charge in [0.25, 0.3) is 0 Å². The number of nitrogens with one attached hydrogen (secondary N) is 1. The number of pyridine rings is 1. The van der Waals surface area contributed by atoms with E-state index in [0.29, 0.717) is 36.2 Å². The highest BCUT2D eigenvalue weighted by molar-refractivity contribution is 5.89. The number of piperidine rings is 1. The molecule has 1 saturated heterocycles. The van der Waals surface area contributed by atoms with Crippen molar-refractivity contribution in [3.63, 3.8) is 0 Å². The Morgan fingerprint density at radius 3 is 2.40 bits per heavy atom. The van der Waals surface area contributed by atoms with Gasteiger partial charge in [-0.05, 0) is 50.7 Å². The average Bonchev–Trinajstić information content (AvgIpc) is 3.41. The van der Waals surface area contributed by atoms with Gasteiger partial charge < -0.3 is 24.4 Å². The lowest BCUT2D eigenvalue weighted by atomic mass is 9.91. The molecule has 1 aliphatic carbocycles. The Bertz CT molecular complexity index is 1170. The largest absolute Gasteiger partial charge is 0.493 e. The molecule has 2 fully saturated rings. The maximum Gasteiger partial charge on any atom is 0.321 e. The molecule has 0 spiro atoms. The fourth-order valence-corrected chi connectivity index (χ4v) is 4.99. The Hall–Kier alpha value is -3.62. The summed E-state index contributed by atoms with van der Waals surface area (Å²) in [5, 5.41) is 3.91. The second-order valence-corrected chi connectivity index (χ2v) is 9.08. The number of hydrogen-bond donors (Lipinski definition) is 1. The molecule has 1 saturated carbocycles. The van der Waals surface area contributed by atoms with Gasteiger partial charge in [-0.1, -0.05) is 0 Å². The first-order valence-corrected chi connectivity index (χ1v) is 12.2. The van der Waals surface area contributed by atoms with E-state index in [1.807, 2.05) is 29.2 Å². The van der Waals surface area contributed by atoms with Crippen LogP contribution < -0.4 is 19.5 Å². The third kappa shape index (κ3) is 5.08. The lowest BCUT2D eigenvalue weighted by molar-refractivity contribution is 0.194. The van der Waals surface area contributed by atoms with Crippen molar-refractivity contribution in [3.05, 3.63) is 42.5 Å². The van der Waals surface area contributed by atoms with E-state index in [2.05, 4.69) is 20.3 Å². The van der Waals surface area contributed by atoms with Crippen molar-refractivity contribution in [1.82, 2.24) is 19.9 Å². The minimum atomic E-state index is -0.117. The van der Waals surface area contributed by atoms with E-state index >= 15 is 0 Å². The highest BCUT2D eigenvalue weighted by Crippen LogP contribution is 2.36. The van der Waals surface area contributed by atoms with Gasteiger partial charge in [-0.2, -0.15) is 0 Å². The number of aromatic nitrogens is 3. The number of rotatable bonds is 6. The van der Waals surface area contributed by atoms with Crippen LogP contribution in [0.3, 0.4) is 0 Å². The van der Waals surface area contributed by atoms with Gasteiger partial charge in [0, 0.05) is 36.5 Å². The van der Waals surface area contributed by atoms with Crippen LogP contribution >= 0.6 is 0 Å². The maximum absolute atomic E-state index is 12.8. The monoisotopic (exact) mass is 477 g/mol. The smallest absolute Gasteiger partial charge is 0.321 e. The lowest BCUT2D eigenvalue weighted by Gasteiger charge is -2.32. The Balaban J connectivity index is 1.20. The lowest BCUT2D eigenvalue weighted by Crippen LogP contribution is -2.40. The highest BCUT2D eigenvalue weighted by atomic mass is 16.5. The van der Waals surface area contributed by atoms with Crippen LogP contribution in [-0.2, 0) is 0 Å². The zero-order valence-corrected chi connectivity index (χ0v) is 20.2. The molecule has 3 aromatic rings. The molecule has 2 amide bonds. The predicted octanol–water partition coefficient (Wildman–Crippen LogP) is 4.77. The molecule has 0 bridgehead atoms. The molecule has 1 N–H and O–H groups in total. The SMILES string of the molecule is COc1cc2ncnc(C3CCN(C(=O)Nc4ccc(OC5CCCC5)nc4)CC3)c2cc1OC. The van der Waals surface area contributed by atoms with E-state index in [4.69, 9.17) is 14.2 Å². The summed E-state index contributed by atoms with van der Waals surface area (Å²) in [6.45, 7) is 1.29. The Morgan fingerprint density at radius 1 is 0.971 bits per heavy atom. The minimum Gasteiger partial charge on any atom is -0.493 e. The third-order valence-corrected chi connectivity index (χ3v) is 6.92. The molecule has 9 heteroatoms. The van der Waals surface area contributed by atoms with Crippen molar-refractivity contribution >= 4 is 22.6 Å². The topological polar surface area (TPSA) is 98.7 Å². The second-order valence-electron chi connectivity index (χ2n) is 9.08. The van der Waals surface area contributed by atoms with Crippen molar-refractivity contribution in [2.45, 2.75) is 50.5 Å². The zero-order valence-electron chi connectivity index (χ0n) is 20.2. The van der Waals surface area contributed by atoms with E-state index in [0.717, 1.165) is 42.3 Å². The molecule has 184 valence electrons. The summed E-state index contributed by atoms with van der Waals surface area (Å²) in [7, 11) is 3.23. The molecule has 0 radical (unpaired) electrons. The number of fused-ring (bicyclic) bond motifs is 1. The van der Waals surface area contributed by atoms with E-state index in [-0.39, 0.29) is 18.1 Å². The normalized spacial score (nSPS) is 16.9. The van der Waals surface area contributed by atoms with Crippen LogP contribution in [-0.4, -0.2) is 59.3 Å². The van der Waals surface area contributed by atoms with Crippen molar-refractivity contribution in [2.75, 3.05) is 32.6 Å². The van der Waals surface area contributed by atoms with Crippen LogP contribution in [0.2, 0.25) is 0 Å².